The van der Waals surface area contributed by atoms with Gasteiger partial charge in [-0.1, -0.05) is 27.7 Å². The van der Waals surface area contributed by atoms with Crippen LogP contribution in [0.15, 0.2) is 0 Å². The van der Waals surface area contributed by atoms with Crippen molar-refractivity contribution in [3.8, 4) is 0 Å². The molecule has 172 valence electrons. The Hall–Kier alpha value is -0.610. The number of fused-ring (bicyclic) bond motifs is 5. The summed E-state index contributed by atoms with van der Waals surface area (Å²) >= 11 is 0. The Morgan fingerprint density at radius 1 is 1.00 bits per heavy atom. The second-order valence-electron chi connectivity index (χ2n) is 12.1. The fourth-order valence-corrected chi connectivity index (χ4v) is 9.19. The van der Waals surface area contributed by atoms with Crippen LogP contribution in [0, 0.1) is 52.3 Å². The monoisotopic (exact) mass is 420 g/mol. The van der Waals surface area contributed by atoms with E-state index >= 15 is 0 Å². The van der Waals surface area contributed by atoms with Crippen LogP contribution < -0.4 is 0 Å². The molecule has 0 saturated heterocycles. The lowest BCUT2D eigenvalue weighted by atomic mass is 9.43. The van der Waals surface area contributed by atoms with Crippen molar-refractivity contribution in [3.63, 3.8) is 0 Å². The molecule has 0 aromatic carbocycles. The summed E-state index contributed by atoms with van der Waals surface area (Å²) in [6.45, 7) is 9.30. The number of hydrogen-bond acceptors (Lipinski definition) is 4. The summed E-state index contributed by atoms with van der Waals surface area (Å²) in [4.78, 5) is 12.0. The van der Waals surface area contributed by atoms with Crippen molar-refractivity contribution in [2.75, 3.05) is 7.11 Å². The van der Waals surface area contributed by atoms with Gasteiger partial charge in [-0.05, 0) is 104 Å². The van der Waals surface area contributed by atoms with Crippen molar-refractivity contribution >= 4 is 5.97 Å². The number of hydrogen-bond donors (Lipinski definition) is 2. The first kappa shape index (κ1) is 22.6. The maximum atomic E-state index is 12.0. The van der Waals surface area contributed by atoms with Gasteiger partial charge in [0.2, 0.25) is 0 Å². The Morgan fingerprint density at radius 2 is 1.67 bits per heavy atom. The summed E-state index contributed by atoms with van der Waals surface area (Å²) in [5, 5.41) is 21.6. The molecule has 0 aromatic rings. The molecule has 4 aliphatic rings. The number of rotatable bonds is 4. The summed E-state index contributed by atoms with van der Waals surface area (Å²) in [7, 11) is 1.49. The van der Waals surface area contributed by atoms with Crippen LogP contribution in [0.25, 0.3) is 0 Å². The minimum absolute atomic E-state index is 0.0439. The molecule has 4 nitrogen and oxygen atoms in total. The van der Waals surface area contributed by atoms with Crippen LogP contribution >= 0.6 is 0 Å². The molecule has 4 saturated carbocycles. The van der Waals surface area contributed by atoms with Gasteiger partial charge in [-0.25, -0.2) is 0 Å². The highest BCUT2D eigenvalue weighted by molar-refractivity contribution is 5.71. The van der Waals surface area contributed by atoms with Crippen molar-refractivity contribution < 1.29 is 19.7 Å². The average molecular weight is 421 g/mol. The SMILES string of the molecule is COC(=O)[C@H](C)C[C@H](C)[C@H]1CC[C@H]2[C@@H]3[C@H](O)C[C@@H]4C[C@H](O)CC[C@]4(C)[C@H]3CC[C@]12C. The van der Waals surface area contributed by atoms with Gasteiger partial charge in [-0.3, -0.25) is 4.79 Å². The number of esters is 1. The van der Waals surface area contributed by atoms with E-state index in [1.807, 2.05) is 6.92 Å². The predicted octanol–water partition coefficient (Wildman–Crippen LogP) is 4.81. The number of carbonyl (C=O) groups is 1. The Labute approximate surface area is 183 Å². The molecule has 0 heterocycles. The van der Waals surface area contributed by atoms with Crippen LogP contribution in [0.1, 0.15) is 85.5 Å². The van der Waals surface area contributed by atoms with Crippen LogP contribution in [0.4, 0.5) is 0 Å². The third kappa shape index (κ3) is 3.45. The number of methoxy groups -OCH3 is 1. The Kier molecular flexibility index (Phi) is 6.07. The molecule has 4 fully saturated rings. The van der Waals surface area contributed by atoms with Crippen LogP contribution in [0.5, 0.6) is 0 Å². The smallest absolute Gasteiger partial charge is 0.308 e. The fraction of sp³-hybridized carbons (Fsp3) is 0.962. The topological polar surface area (TPSA) is 66.8 Å². The quantitative estimate of drug-likeness (QED) is 0.640. The Bertz CT molecular complexity index is 649. The zero-order valence-electron chi connectivity index (χ0n) is 19.8. The standard InChI is InChI=1S/C26H44O4/c1-15(12-16(2)24(29)30-5)19-6-7-20-23-21(9-11-26(19,20)4)25(3)10-8-18(27)13-17(25)14-22(23)28/h15-23,27-28H,6-14H2,1-5H3/t15-,16+,17-,18+,19+,20-,21-,22+,23-,25-,26+/m0/s1. The molecular weight excluding hydrogens is 376 g/mol. The Balaban J connectivity index is 1.53. The summed E-state index contributed by atoms with van der Waals surface area (Å²) in [5.74, 6) is 3.07. The molecule has 0 radical (unpaired) electrons. The van der Waals surface area contributed by atoms with Crippen LogP contribution in [-0.2, 0) is 9.53 Å². The van der Waals surface area contributed by atoms with E-state index in [4.69, 9.17) is 4.74 Å². The first-order valence-corrected chi connectivity index (χ1v) is 12.6. The molecule has 0 aromatic heterocycles. The first-order chi connectivity index (χ1) is 14.1. The van der Waals surface area contributed by atoms with E-state index in [-0.39, 0.29) is 34.9 Å². The van der Waals surface area contributed by atoms with Crippen LogP contribution in [0.3, 0.4) is 0 Å². The van der Waals surface area contributed by atoms with Crippen molar-refractivity contribution in [1.82, 2.24) is 0 Å². The van der Waals surface area contributed by atoms with E-state index in [2.05, 4.69) is 20.8 Å². The maximum Gasteiger partial charge on any atom is 0.308 e. The minimum atomic E-state index is -0.217. The van der Waals surface area contributed by atoms with Gasteiger partial charge in [0, 0.05) is 0 Å². The molecule has 4 rings (SSSR count). The second-order valence-corrected chi connectivity index (χ2v) is 12.1. The van der Waals surface area contributed by atoms with Gasteiger partial charge in [0.05, 0.1) is 25.2 Å². The number of ether oxygens (including phenoxy) is 1. The zero-order chi connectivity index (χ0) is 21.8. The molecular formula is C26H44O4. The van der Waals surface area contributed by atoms with E-state index in [1.165, 1.54) is 32.8 Å². The lowest BCUT2D eigenvalue weighted by Gasteiger charge is -2.62. The van der Waals surface area contributed by atoms with E-state index in [9.17, 15) is 15.0 Å². The summed E-state index contributed by atoms with van der Waals surface area (Å²) in [6, 6.07) is 0. The highest BCUT2D eigenvalue weighted by Crippen LogP contribution is 2.68. The molecule has 0 aliphatic heterocycles. The van der Waals surface area contributed by atoms with E-state index in [0.29, 0.717) is 35.5 Å². The predicted molar refractivity (Wildman–Crippen MR) is 118 cm³/mol. The molecule has 4 aliphatic carbocycles. The number of carbonyl (C=O) groups excluding carboxylic acids is 1. The lowest BCUT2D eigenvalue weighted by Crippen LogP contribution is -2.58. The van der Waals surface area contributed by atoms with Gasteiger partial charge in [0.1, 0.15) is 0 Å². The van der Waals surface area contributed by atoms with E-state index in [0.717, 1.165) is 32.1 Å². The number of aliphatic hydroxyl groups excluding tert-OH is 2. The average Bonchev–Trinajstić information content (AvgIpc) is 3.05. The molecule has 0 bridgehead atoms. The zero-order valence-corrected chi connectivity index (χ0v) is 19.8. The third-order valence-corrected chi connectivity index (χ3v) is 10.7. The lowest BCUT2D eigenvalue weighted by molar-refractivity contribution is -0.174. The molecule has 4 heteroatoms. The van der Waals surface area contributed by atoms with Crippen molar-refractivity contribution in [1.29, 1.82) is 0 Å². The molecule has 0 unspecified atom stereocenters. The van der Waals surface area contributed by atoms with Crippen LogP contribution in [-0.4, -0.2) is 35.5 Å². The van der Waals surface area contributed by atoms with E-state index < -0.39 is 0 Å². The number of aliphatic hydroxyl groups is 2. The third-order valence-electron chi connectivity index (χ3n) is 10.7. The second kappa shape index (κ2) is 8.06. The van der Waals surface area contributed by atoms with Gasteiger partial charge in [-0.15, -0.1) is 0 Å². The van der Waals surface area contributed by atoms with Gasteiger partial charge in [0.25, 0.3) is 0 Å². The van der Waals surface area contributed by atoms with Gasteiger partial charge >= 0.3 is 5.97 Å². The highest BCUT2D eigenvalue weighted by Gasteiger charge is 2.62. The summed E-state index contributed by atoms with van der Waals surface area (Å²) in [5.41, 5.74) is 0.558. The normalized spacial score (nSPS) is 50.0. The fourth-order valence-electron chi connectivity index (χ4n) is 9.19. The molecule has 30 heavy (non-hydrogen) atoms. The van der Waals surface area contributed by atoms with Crippen LogP contribution in [0.2, 0.25) is 0 Å². The summed E-state index contributed by atoms with van der Waals surface area (Å²) < 4.78 is 4.97. The minimum Gasteiger partial charge on any atom is -0.469 e. The molecule has 0 amide bonds. The first-order valence-electron chi connectivity index (χ1n) is 12.6. The maximum absolute atomic E-state index is 12.0. The van der Waals surface area contributed by atoms with Gasteiger partial charge < -0.3 is 14.9 Å². The summed E-state index contributed by atoms with van der Waals surface area (Å²) in [6.07, 6.45) is 9.22. The van der Waals surface area contributed by atoms with Crippen molar-refractivity contribution in [2.45, 2.75) is 97.7 Å². The highest BCUT2D eigenvalue weighted by atomic mass is 16.5. The van der Waals surface area contributed by atoms with Gasteiger partial charge in [-0.2, -0.15) is 0 Å². The Morgan fingerprint density at radius 3 is 2.37 bits per heavy atom. The van der Waals surface area contributed by atoms with Crippen molar-refractivity contribution in [2.24, 2.45) is 52.3 Å². The molecule has 0 spiro atoms. The molecule has 2 N–H and O–H groups in total. The van der Waals surface area contributed by atoms with E-state index in [1.54, 1.807) is 0 Å². The van der Waals surface area contributed by atoms with Gasteiger partial charge in [0.15, 0.2) is 0 Å². The molecule has 11 atom stereocenters. The largest absolute Gasteiger partial charge is 0.469 e. The van der Waals surface area contributed by atoms with Crippen molar-refractivity contribution in [3.05, 3.63) is 0 Å².